The molecule has 2 aliphatic rings. The predicted molar refractivity (Wildman–Crippen MR) is 169 cm³/mol. The summed E-state index contributed by atoms with van der Waals surface area (Å²) in [7, 11) is 0. The first-order valence-electron chi connectivity index (χ1n) is 15.2. The van der Waals surface area contributed by atoms with Gasteiger partial charge in [-0.3, -0.25) is 20.0 Å². The second-order valence-corrected chi connectivity index (χ2v) is 12.6. The number of hydrogen-bond acceptors (Lipinski definition) is 6. The van der Waals surface area contributed by atoms with Crippen molar-refractivity contribution in [3.63, 3.8) is 0 Å². The van der Waals surface area contributed by atoms with E-state index in [-0.39, 0.29) is 12.2 Å². The van der Waals surface area contributed by atoms with Gasteiger partial charge in [0.2, 0.25) is 0 Å². The molecule has 1 saturated heterocycles. The summed E-state index contributed by atoms with van der Waals surface area (Å²) in [6.07, 6.45) is 5.52. The molecule has 1 amide bonds. The van der Waals surface area contributed by atoms with Crippen LogP contribution in [0.5, 0.6) is 0 Å². The van der Waals surface area contributed by atoms with Crippen molar-refractivity contribution in [3.05, 3.63) is 83.8 Å². The lowest BCUT2D eigenvalue weighted by Crippen LogP contribution is -2.38. The number of amides is 1. The van der Waals surface area contributed by atoms with E-state index >= 15 is 0 Å². The second kappa shape index (κ2) is 12.3. The molecule has 2 aromatic heterocycles. The number of fused-ring (bicyclic) bond motifs is 1. The number of nitrogens with one attached hydrogen (secondary N) is 1. The van der Waals surface area contributed by atoms with Gasteiger partial charge >= 0.3 is 6.09 Å². The van der Waals surface area contributed by atoms with Crippen LogP contribution in [-0.4, -0.2) is 64.8 Å². The molecule has 8 heteroatoms. The molecule has 2 aromatic carbocycles. The van der Waals surface area contributed by atoms with E-state index in [2.05, 4.69) is 31.9 Å². The van der Waals surface area contributed by atoms with Gasteiger partial charge in [0.25, 0.3) is 0 Å². The summed E-state index contributed by atoms with van der Waals surface area (Å²) in [5, 5.41) is 3.97. The molecule has 1 aliphatic heterocycles. The van der Waals surface area contributed by atoms with E-state index in [0.29, 0.717) is 17.2 Å². The van der Waals surface area contributed by atoms with Crippen LogP contribution in [0.15, 0.2) is 67.0 Å². The highest BCUT2D eigenvalue weighted by atomic mass is 16.6. The minimum Gasteiger partial charge on any atom is -0.444 e. The summed E-state index contributed by atoms with van der Waals surface area (Å²) in [6, 6.07) is 17.9. The molecule has 6 rings (SSSR count). The van der Waals surface area contributed by atoms with Gasteiger partial charge < -0.3 is 14.0 Å². The third kappa shape index (κ3) is 7.14. The molecule has 0 radical (unpaired) electrons. The van der Waals surface area contributed by atoms with Gasteiger partial charge in [-0.2, -0.15) is 0 Å². The van der Waals surface area contributed by atoms with Crippen molar-refractivity contribution < 1.29 is 19.1 Å². The van der Waals surface area contributed by atoms with Crippen molar-refractivity contribution in [1.29, 1.82) is 0 Å². The Bertz CT molecular complexity index is 1610. The van der Waals surface area contributed by atoms with Gasteiger partial charge in [-0.05, 0) is 105 Å². The molecule has 3 heterocycles. The third-order valence-corrected chi connectivity index (χ3v) is 8.10. The fourth-order valence-corrected chi connectivity index (χ4v) is 5.77. The van der Waals surface area contributed by atoms with Crippen molar-refractivity contribution in [2.24, 2.45) is 0 Å². The molecule has 43 heavy (non-hydrogen) atoms. The number of nitrogens with zero attached hydrogens (tertiary/aromatic N) is 3. The van der Waals surface area contributed by atoms with Crippen LogP contribution in [0.3, 0.4) is 0 Å². The van der Waals surface area contributed by atoms with Crippen molar-refractivity contribution in [2.45, 2.75) is 58.1 Å². The van der Waals surface area contributed by atoms with Gasteiger partial charge in [0.05, 0.1) is 13.2 Å². The zero-order valence-electron chi connectivity index (χ0n) is 25.3. The van der Waals surface area contributed by atoms with Crippen LogP contribution in [0, 0.1) is 0 Å². The SMILES string of the molecule is CC(C)(C)OC(=O)Nc1ccc(-c2ccncc2)cc1CC(=O)c1ccc2c(c1)cc(C1CC1)n2CCN1CCOCC1. The molecular formula is C35H40N4O4. The van der Waals surface area contributed by atoms with Crippen LogP contribution >= 0.6 is 0 Å². The van der Waals surface area contributed by atoms with E-state index in [4.69, 9.17) is 9.47 Å². The molecule has 1 saturated carbocycles. The zero-order valence-corrected chi connectivity index (χ0v) is 25.3. The topological polar surface area (TPSA) is 85.7 Å². The third-order valence-electron chi connectivity index (χ3n) is 8.10. The minimum absolute atomic E-state index is 0.00458. The lowest BCUT2D eigenvalue weighted by Gasteiger charge is -2.27. The number of aromatic nitrogens is 2. The number of Topliss-reactive ketones (excluding diaryl/α,β-unsaturated/α-hetero) is 1. The molecular weight excluding hydrogens is 540 g/mol. The van der Waals surface area contributed by atoms with E-state index in [1.54, 1.807) is 12.4 Å². The Hall–Kier alpha value is -4.01. The fraction of sp³-hybridized carbons (Fsp3) is 0.400. The molecule has 1 N–H and O–H groups in total. The van der Waals surface area contributed by atoms with Gasteiger partial charge in [0, 0.05) is 72.8 Å². The Kier molecular flexibility index (Phi) is 8.32. The van der Waals surface area contributed by atoms with E-state index in [1.165, 1.54) is 24.1 Å². The van der Waals surface area contributed by atoms with Crippen LogP contribution in [0.1, 0.15) is 61.1 Å². The summed E-state index contributed by atoms with van der Waals surface area (Å²) in [4.78, 5) is 33.0. The average Bonchev–Trinajstić information content (AvgIpc) is 3.77. The highest BCUT2D eigenvalue weighted by Crippen LogP contribution is 2.42. The maximum absolute atomic E-state index is 13.8. The molecule has 4 aromatic rings. The fourth-order valence-electron chi connectivity index (χ4n) is 5.77. The van der Waals surface area contributed by atoms with Gasteiger partial charge in [0.15, 0.2) is 5.78 Å². The first kappa shape index (κ1) is 29.1. The first-order chi connectivity index (χ1) is 20.7. The highest BCUT2D eigenvalue weighted by Gasteiger charge is 2.28. The van der Waals surface area contributed by atoms with E-state index < -0.39 is 11.7 Å². The summed E-state index contributed by atoms with van der Waals surface area (Å²) < 4.78 is 13.5. The van der Waals surface area contributed by atoms with Crippen LogP contribution in [0.25, 0.3) is 22.0 Å². The quantitative estimate of drug-likeness (QED) is 0.222. The van der Waals surface area contributed by atoms with Crippen molar-refractivity contribution >= 4 is 28.5 Å². The molecule has 0 atom stereocenters. The average molecular weight is 581 g/mol. The standard InChI is InChI=1S/C35H40N4O4/c1-35(2,3)43-34(41)37-30-8-6-26(24-10-12-36-13-11-24)20-28(30)23-33(40)27-7-9-31-29(21-27)22-32(25-4-5-25)39(31)15-14-38-16-18-42-19-17-38/h6-13,20-22,25H,4-5,14-19,23H2,1-3H3,(H,37,41). The van der Waals surface area contributed by atoms with Gasteiger partial charge in [0.1, 0.15) is 5.60 Å². The number of carbonyl (C=O) groups excluding carboxylic acids is 2. The van der Waals surface area contributed by atoms with Crippen molar-refractivity contribution in [3.8, 4) is 11.1 Å². The summed E-state index contributed by atoms with van der Waals surface area (Å²) in [6.45, 7) is 11.0. The maximum atomic E-state index is 13.8. The number of pyridine rings is 1. The Morgan fingerprint density at radius 3 is 2.44 bits per heavy atom. The monoisotopic (exact) mass is 580 g/mol. The van der Waals surface area contributed by atoms with Crippen LogP contribution < -0.4 is 5.32 Å². The molecule has 2 fully saturated rings. The number of ether oxygens (including phenoxy) is 2. The van der Waals surface area contributed by atoms with E-state index in [1.807, 2.05) is 63.2 Å². The molecule has 0 unspecified atom stereocenters. The number of carbonyl (C=O) groups is 2. The van der Waals surface area contributed by atoms with E-state index in [9.17, 15) is 9.59 Å². The number of rotatable bonds is 9. The van der Waals surface area contributed by atoms with E-state index in [0.717, 1.165) is 61.5 Å². The smallest absolute Gasteiger partial charge is 0.412 e. The normalized spacial score (nSPS) is 15.9. The lowest BCUT2D eigenvalue weighted by atomic mass is 9.97. The van der Waals surface area contributed by atoms with Crippen LogP contribution in [0.4, 0.5) is 10.5 Å². The Morgan fingerprint density at radius 2 is 1.72 bits per heavy atom. The predicted octanol–water partition coefficient (Wildman–Crippen LogP) is 6.69. The van der Waals surface area contributed by atoms with Gasteiger partial charge in [-0.15, -0.1) is 0 Å². The summed E-state index contributed by atoms with van der Waals surface area (Å²) >= 11 is 0. The Morgan fingerprint density at radius 1 is 0.953 bits per heavy atom. The van der Waals surface area contributed by atoms with Gasteiger partial charge in [-0.1, -0.05) is 6.07 Å². The largest absolute Gasteiger partial charge is 0.444 e. The highest BCUT2D eigenvalue weighted by molar-refractivity contribution is 6.02. The molecule has 8 nitrogen and oxygen atoms in total. The molecule has 0 spiro atoms. The summed E-state index contributed by atoms with van der Waals surface area (Å²) in [5.41, 5.74) is 5.81. The number of anilines is 1. The van der Waals surface area contributed by atoms with Crippen LogP contribution in [-0.2, 0) is 22.4 Å². The summed E-state index contributed by atoms with van der Waals surface area (Å²) in [5.74, 6) is 0.601. The van der Waals surface area contributed by atoms with Crippen molar-refractivity contribution in [1.82, 2.24) is 14.5 Å². The number of hydrogen-bond donors (Lipinski definition) is 1. The zero-order chi connectivity index (χ0) is 30.0. The van der Waals surface area contributed by atoms with Gasteiger partial charge in [-0.25, -0.2) is 4.79 Å². The Labute approximate surface area is 253 Å². The Balaban J connectivity index is 1.26. The van der Waals surface area contributed by atoms with Crippen molar-refractivity contribution in [2.75, 3.05) is 38.2 Å². The number of ketones is 1. The maximum Gasteiger partial charge on any atom is 0.412 e. The van der Waals surface area contributed by atoms with Crippen LogP contribution in [0.2, 0.25) is 0 Å². The molecule has 224 valence electrons. The number of benzene rings is 2. The number of morpholine rings is 1. The lowest BCUT2D eigenvalue weighted by molar-refractivity contribution is 0.0364. The molecule has 0 bridgehead atoms. The first-order valence-corrected chi connectivity index (χ1v) is 15.2. The molecule has 1 aliphatic carbocycles. The minimum atomic E-state index is -0.635. The second-order valence-electron chi connectivity index (χ2n) is 12.6.